The minimum absolute atomic E-state index is 0.294. The molecule has 0 radical (unpaired) electrons. The van der Waals surface area contributed by atoms with Crippen LogP contribution in [0, 0.1) is 5.41 Å². The van der Waals surface area contributed by atoms with Gasteiger partial charge in [-0.2, -0.15) is 0 Å². The Morgan fingerprint density at radius 3 is 2.67 bits per heavy atom. The molecule has 1 aliphatic rings. The van der Waals surface area contributed by atoms with Gasteiger partial charge in [0.2, 0.25) is 0 Å². The lowest BCUT2D eigenvalue weighted by atomic mass is 10.0. The summed E-state index contributed by atoms with van der Waals surface area (Å²) in [4.78, 5) is 0. The lowest BCUT2D eigenvalue weighted by molar-refractivity contribution is 0.376. The van der Waals surface area contributed by atoms with Crippen LogP contribution >= 0.6 is 15.9 Å². The molecule has 2 aromatic rings. The minimum atomic E-state index is 0.294. The Hall–Kier alpha value is -1.29. The van der Waals surface area contributed by atoms with Gasteiger partial charge < -0.3 is 10.3 Å². The third-order valence-electron chi connectivity index (χ3n) is 3.72. The topological polar surface area (TPSA) is 52.0 Å². The van der Waals surface area contributed by atoms with Gasteiger partial charge in [-0.25, -0.2) is 0 Å². The van der Waals surface area contributed by atoms with Crippen molar-refractivity contribution < 1.29 is 4.52 Å². The van der Waals surface area contributed by atoms with E-state index in [4.69, 9.17) is 10.3 Å². The zero-order valence-electron chi connectivity index (χ0n) is 10.4. The predicted octanol–water partition coefficient (Wildman–Crippen LogP) is 4.20. The molecule has 4 heteroatoms. The number of nitrogen functional groups attached to an aromatic ring is 1. The summed E-state index contributed by atoms with van der Waals surface area (Å²) in [5.74, 6) is 1.81. The molecule has 0 spiro atoms. The van der Waals surface area contributed by atoms with Crippen LogP contribution in [-0.4, -0.2) is 5.16 Å². The Morgan fingerprint density at radius 1 is 1.39 bits per heavy atom. The van der Waals surface area contributed by atoms with Gasteiger partial charge in [0.25, 0.3) is 0 Å². The molecule has 2 N–H and O–H groups in total. The minimum Gasteiger partial charge on any atom is -0.380 e. The molecule has 0 bridgehead atoms. The molecule has 1 atom stereocenters. The maximum absolute atomic E-state index is 5.97. The highest BCUT2D eigenvalue weighted by Gasteiger charge is 2.50. The first-order valence-corrected chi connectivity index (χ1v) is 6.80. The van der Waals surface area contributed by atoms with Crippen molar-refractivity contribution in [2.75, 3.05) is 5.73 Å². The number of benzene rings is 1. The van der Waals surface area contributed by atoms with E-state index in [1.165, 1.54) is 0 Å². The number of nitrogens with two attached hydrogens (primary N) is 1. The monoisotopic (exact) mass is 306 g/mol. The average molecular weight is 307 g/mol. The second-order valence-corrected chi connectivity index (χ2v) is 6.39. The second-order valence-electron chi connectivity index (χ2n) is 5.53. The zero-order valence-corrected chi connectivity index (χ0v) is 12.0. The Balaban J connectivity index is 2.13. The number of halogens is 1. The van der Waals surface area contributed by atoms with E-state index in [0.717, 1.165) is 27.8 Å². The Morgan fingerprint density at radius 2 is 2.06 bits per heavy atom. The third-order valence-corrected chi connectivity index (χ3v) is 4.41. The van der Waals surface area contributed by atoms with E-state index in [1.807, 2.05) is 24.3 Å². The van der Waals surface area contributed by atoms with Gasteiger partial charge in [-0.05, 0) is 17.9 Å². The molecule has 0 amide bonds. The van der Waals surface area contributed by atoms with Crippen molar-refractivity contribution in [3.05, 3.63) is 34.5 Å². The Kier molecular flexibility index (Phi) is 2.52. The van der Waals surface area contributed by atoms with Crippen LogP contribution in [0.2, 0.25) is 0 Å². The standard InChI is InChI=1S/C14H15BrN2O/c1-14(2)7-9(14)12-11(13(16)17-18-12)8-5-3-4-6-10(8)15/h3-6,9H,7H2,1-2H3,(H2,16,17). The number of aromatic nitrogens is 1. The molecule has 0 aliphatic heterocycles. The quantitative estimate of drug-likeness (QED) is 0.904. The first kappa shape index (κ1) is 11.8. The summed E-state index contributed by atoms with van der Waals surface area (Å²) in [7, 11) is 0. The second kappa shape index (κ2) is 3.85. The molecular formula is C14H15BrN2O. The van der Waals surface area contributed by atoms with Gasteiger partial charge in [0.15, 0.2) is 5.82 Å². The van der Waals surface area contributed by atoms with Crippen molar-refractivity contribution in [2.24, 2.45) is 5.41 Å². The summed E-state index contributed by atoms with van der Waals surface area (Å²) in [5, 5.41) is 3.94. The van der Waals surface area contributed by atoms with E-state index in [0.29, 0.717) is 17.2 Å². The molecule has 1 unspecified atom stereocenters. The van der Waals surface area contributed by atoms with Crippen molar-refractivity contribution >= 4 is 21.7 Å². The third kappa shape index (κ3) is 1.75. The highest BCUT2D eigenvalue weighted by molar-refractivity contribution is 9.10. The van der Waals surface area contributed by atoms with Crippen LogP contribution in [0.25, 0.3) is 11.1 Å². The van der Waals surface area contributed by atoms with Gasteiger partial charge in [0, 0.05) is 16.0 Å². The first-order valence-electron chi connectivity index (χ1n) is 6.00. The van der Waals surface area contributed by atoms with Crippen LogP contribution in [0.3, 0.4) is 0 Å². The molecule has 1 heterocycles. The molecule has 18 heavy (non-hydrogen) atoms. The average Bonchev–Trinajstić information content (AvgIpc) is 2.78. The van der Waals surface area contributed by atoms with E-state index in [1.54, 1.807) is 0 Å². The SMILES string of the molecule is CC1(C)CC1c1onc(N)c1-c1ccccc1Br. The van der Waals surface area contributed by atoms with Gasteiger partial charge in [-0.1, -0.05) is 53.1 Å². The van der Waals surface area contributed by atoms with Crippen LogP contribution in [-0.2, 0) is 0 Å². The van der Waals surface area contributed by atoms with Gasteiger partial charge in [0.1, 0.15) is 5.76 Å². The highest BCUT2D eigenvalue weighted by atomic mass is 79.9. The fourth-order valence-corrected chi connectivity index (χ4v) is 2.89. The van der Waals surface area contributed by atoms with Crippen LogP contribution in [0.15, 0.2) is 33.3 Å². The van der Waals surface area contributed by atoms with E-state index >= 15 is 0 Å². The van der Waals surface area contributed by atoms with Crippen molar-refractivity contribution in [3.63, 3.8) is 0 Å². The molecule has 1 fully saturated rings. The zero-order chi connectivity index (χ0) is 12.9. The molecule has 1 aliphatic carbocycles. The van der Waals surface area contributed by atoms with Gasteiger partial charge in [-0.3, -0.25) is 0 Å². The predicted molar refractivity (Wildman–Crippen MR) is 75.2 cm³/mol. The maximum atomic E-state index is 5.97. The number of anilines is 1. The molecule has 1 aromatic heterocycles. The lowest BCUT2D eigenvalue weighted by Gasteiger charge is -2.06. The number of hydrogen-bond donors (Lipinski definition) is 1. The molecule has 94 valence electrons. The molecule has 3 rings (SSSR count). The number of rotatable bonds is 2. The van der Waals surface area contributed by atoms with E-state index < -0.39 is 0 Å². The van der Waals surface area contributed by atoms with E-state index in [2.05, 4.69) is 34.9 Å². The van der Waals surface area contributed by atoms with Crippen LogP contribution < -0.4 is 5.73 Å². The largest absolute Gasteiger partial charge is 0.380 e. The summed E-state index contributed by atoms with van der Waals surface area (Å²) < 4.78 is 6.48. The maximum Gasteiger partial charge on any atom is 0.175 e. The fourth-order valence-electron chi connectivity index (χ4n) is 2.40. The molecule has 0 saturated heterocycles. The summed E-state index contributed by atoms with van der Waals surface area (Å²) in [5.41, 5.74) is 8.26. The van der Waals surface area contributed by atoms with Crippen molar-refractivity contribution in [3.8, 4) is 11.1 Å². The van der Waals surface area contributed by atoms with Crippen molar-refractivity contribution in [2.45, 2.75) is 26.2 Å². The first-order chi connectivity index (χ1) is 8.50. The Labute approximate surface area is 114 Å². The summed E-state index contributed by atoms with van der Waals surface area (Å²) in [6.45, 7) is 4.47. The molecule has 1 saturated carbocycles. The summed E-state index contributed by atoms with van der Waals surface area (Å²) in [6, 6.07) is 8.02. The van der Waals surface area contributed by atoms with Crippen molar-refractivity contribution in [1.82, 2.24) is 5.16 Å². The van der Waals surface area contributed by atoms with Gasteiger partial charge in [0.05, 0.1) is 5.56 Å². The van der Waals surface area contributed by atoms with Gasteiger partial charge >= 0.3 is 0 Å². The van der Waals surface area contributed by atoms with Crippen LogP contribution in [0.5, 0.6) is 0 Å². The van der Waals surface area contributed by atoms with E-state index in [-0.39, 0.29) is 0 Å². The smallest absolute Gasteiger partial charge is 0.175 e. The van der Waals surface area contributed by atoms with Crippen molar-refractivity contribution in [1.29, 1.82) is 0 Å². The fraction of sp³-hybridized carbons (Fsp3) is 0.357. The number of hydrogen-bond acceptors (Lipinski definition) is 3. The molecular weight excluding hydrogens is 292 g/mol. The normalized spacial score (nSPS) is 20.9. The van der Waals surface area contributed by atoms with Crippen LogP contribution in [0.1, 0.15) is 31.9 Å². The highest BCUT2D eigenvalue weighted by Crippen LogP contribution is 2.61. The van der Waals surface area contributed by atoms with E-state index in [9.17, 15) is 0 Å². The Bertz CT molecular complexity index is 604. The van der Waals surface area contributed by atoms with Gasteiger partial charge in [-0.15, -0.1) is 0 Å². The van der Waals surface area contributed by atoms with Crippen LogP contribution in [0.4, 0.5) is 5.82 Å². The number of nitrogens with zero attached hydrogens (tertiary/aromatic N) is 1. The lowest BCUT2D eigenvalue weighted by Crippen LogP contribution is -1.93. The molecule has 3 nitrogen and oxygen atoms in total. The summed E-state index contributed by atoms with van der Waals surface area (Å²) >= 11 is 3.56. The molecule has 1 aromatic carbocycles. The summed E-state index contributed by atoms with van der Waals surface area (Å²) in [6.07, 6.45) is 1.12.